The molecule has 1 saturated heterocycles. The molecule has 1 aliphatic rings. The zero-order valence-corrected chi connectivity index (χ0v) is 13.8. The molecule has 23 heavy (non-hydrogen) atoms. The van der Waals surface area contributed by atoms with Crippen LogP contribution in [-0.4, -0.2) is 38.5 Å². The normalized spacial score (nSPS) is 16.1. The summed E-state index contributed by atoms with van der Waals surface area (Å²) < 4.78 is 30.0. The van der Waals surface area contributed by atoms with Crippen molar-refractivity contribution in [3.05, 3.63) is 54.1 Å². The number of thioether (sulfide) groups is 1. The van der Waals surface area contributed by atoms with Crippen LogP contribution in [0.25, 0.3) is 0 Å². The fraction of sp³-hybridized carbons (Fsp3) is 0.471. The first-order valence-electron chi connectivity index (χ1n) is 7.94. The average molecular weight is 337 g/mol. The molecule has 3 rings (SSSR count). The summed E-state index contributed by atoms with van der Waals surface area (Å²) in [4.78, 5) is 6.27. The Hall–Kier alpha value is -1.40. The smallest absolute Gasteiger partial charge is 0.130 e. The quantitative estimate of drug-likeness (QED) is 0.804. The average Bonchev–Trinajstić information content (AvgIpc) is 3.08. The summed E-state index contributed by atoms with van der Waals surface area (Å²) in [7, 11) is 0. The number of benzene rings is 1. The summed E-state index contributed by atoms with van der Waals surface area (Å²) in [6, 6.07) is 4.48. The molecule has 2 heterocycles. The summed E-state index contributed by atoms with van der Waals surface area (Å²) in [6.45, 7) is 1.86. The molecule has 0 spiro atoms. The highest BCUT2D eigenvalue weighted by atomic mass is 32.2. The predicted octanol–water partition coefficient (Wildman–Crippen LogP) is 3.56. The number of hydrogen-bond donors (Lipinski definition) is 0. The highest BCUT2D eigenvalue weighted by Crippen LogP contribution is 2.24. The molecule has 124 valence electrons. The number of hydrogen-bond acceptors (Lipinski definition) is 3. The van der Waals surface area contributed by atoms with Crippen molar-refractivity contribution in [2.75, 3.05) is 18.1 Å². The molecule has 1 aliphatic heterocycles. The summed E-state index contributed by atoms with van der Waals surface area (Å²) in [5.41, 5.74) is 0.177. The van der Waals surface area contributed by atoms with E-state index in [-0.39, 0.29) is 5.56 Å². The molecule has 0 aliphatic carbocycles. The summed E-state index contributed by atoms with van der Waals surface area (Å²) in [5, 5.41) is 0. The minimum Gasteiger partial charge on any atom is -0.336 e. The van der Waals surface area contributed by atoms with Crippen LogP contribution in [0.3, 0.4) is 0 Å². The van der Waals surface area contributed by atoms with Crippen LogP contribution in [0.5, 0.6) is 0 Å². The number of aromatic nitrogens is 2. The Morgan fingerprint density at radius 2 is 1.96 bits per heavy atom. The van der Waals surface area contributed by atoms with Crippen LogP contribution in [0.15, 0.2) is 36.9 Å². The first-order chi connectivity index (χ1) is 11.2. The van der Waals surface area contributed by atoms with Crippen molar-refractivity contribution in [3.8, 4) is 0 Å². The van der Waals surface area contributed by atoms with Crippen molar-refractivity contribution >= 4 is 11.8 Å². The van der Waals surface area contributed by atoms with Crippen molar-refractivity contribution in [3.63, 3.8) is 0 Å². The van der Waals surface area contributed by atoms with Crippen molar-refractivity contribution in [1.29, 1.82) is 0 Å². The summed E-state index contributed by atoms with van der Waals surface area (Å²) >= 11 is 1.95. The van der Waals surface area contributed by atoms with Crippen LogP contribution in [0.1, 0.15) is 18.4 Å². The Labute approximate surface area is 139 Å². The van der Waals surface area contributed by atoms with Gasteiger partial charge < -0.3 is 4.57 Å². The van der Waals surface area contributed by atoms with E-state index in [0.717, 1.165) is 37.4 Å². The minimum absolute atomic E-state index is 0.177. The van der Waals surface area contributed by atoms with Crippen LogP contribution in [0.4, 0.5) is 8.78 Å². The van der Waals surface area contributed by atoms with E-state index in [1.807, 2.05) is 22.5 Å². The third kappa shape index (κ3) is 4.32. The number of imidazole rings is 1. The van der Waals surface area contributed by atoms with E-state index in [4.69, 9.17) is 0 Å². The largest absolute Gasteiger partial charge is 0.336 e. The van der Waals surface area contributed by atoms with E-state index < -0.39 is 11.6 Å². The molecule has 0 unspecified atom stereocenters. The number of nitrogens with zero attached hydrogens (tertiary/aromatic N) is 3. The van der Waals surface area contributed by atoms with E-state index in [9.17, 15) is 8.78 Å². The van der Waals surface area contributed by atoms with Crippen LogP contribution >= 0.6 is 11.8 Å². The van der Waals surface area contributed by atoms with Crippen LogP contribution in [0.2, 0.25) is 0 Å². The van der Waals surface area contributed by atoms with Gasteiger partial charge in [-0.1, -0.05) is 6.07 Å². The zero-order valence-electron chi connectivity index (χ0n) is 13.0. The Bertz CT molecular complexity index is 592. The van der Waals surface area contributed by atoms with E-state index in [1.54, 1.807) is 12.5 Å². The highest BCUT2D eigenvalue weighted by Gasteiger charge is 2.23. The molecule has 0 radical (unpaired) electrons. The van der Waals surface area contributed by atoms with E-state index in [0.29, 0.717) is 12.6 Å². The Morgan fingerprint density at radius 3 is 2.61 bits per heavy atom. The SMILES string of the molecule is Fc1cccc(F)c1CN(CCn1ccnc1)C1CCSCC1. The first-order valence-corrected chi connectivity index (χ1v) is 9.10. The Kier molecular flexibility index (Phi) is 5.67. The maximum atomic E-state index is 14.0. The molecular weight excluding hydrogens is 316 g/mol. The van der Waals surface area contributed by atoms with Gasteiger partial charge in [-0.15, -0.1) is 0 Å². The van der Waals surface area contributed by atoms with Crippen LogP contribution in [0, 0.1) is 11.6 Å². The van der Waals surface area contributed by atoms with E-state index in [1.165, 1.54) is 18.2 Å². The molecule has 1 fully saturated rings. The monoisotopic (exact) mass is 337 g/mol. The van der Waals surface area contributed by atoms with Gasteiger partial charge in [-0.05, 0) is 36.5 Å². The third-order valence-corrected chi connectivity index (χ3v) is 5.38. The lowest BCUT2D eigenvalue weighted by Gasteiger charge is -2.34. The lowest BCUT2D eigenvalue weighted by molar-refractivity contribution is 0.165. The van der Waals surface area contributed by atoms with Gasteiger partial charge in [-0.25, -0.2) is 13.8 Å². The van der Waals surface area contributed by atoms with E-state index >= 15 is 0 Å². The summed E-state index contributed by atoms with van der Waals surface area (Å²) in [5.74, 6) is 1.32. The third-order valence-electron chi connectivity index (χ3n) is 4.33. The van der Waals surface area contributed by atoms with E-state index in [2.05, 4.69) is 9.88 Å². The maximum absolute atomic E-state index is 14.0. The zero-order chi connectivity index (χ0) is 16.1. The fourth-order valence-corrected chi connectivity index (χ4v) is 4.07. The second-order valence-electron chi connectivity index (χ2n) is 5.81. The molecule has 0 bridgehead atoms. The second kappa shape index (κ2) is 7.93. The highest BCUT2D eigenvalue weighted by molar-refractivity contribution is 7.99. The van der Waals surface area contributed by atoms with Crippen LogP contribution < -0.4 is 0 Å². The van der Waals surface area contributed by atoms with Crippen molar-refractivity contribution in [1.82, 2.24) is 14.5 Å². The number of halogens is 2. The first kappa shape index (κ1) is 16.5. The molecule has 0 N–H and O–H groups in total. The lowest BCUT2D eigenvalue weighted by Crippen LogP contribution is -2.39. The molecule has 3 nitrogen and oxygen atoms in total. The van der Waals surface area contributed by atoms with Crippen molar-refractivity contribution in [2.24, 2.45) is 0 Å². The Balaban J connectivity index is 1.73. The van der Waals surface area contributed by atoms with Crippen molar-refractivity contribution in [2.45, 2.75) is 32.0 Å². The molecular formula is C17H21F2N3S. The van der Waals surface area contributed by atoms with Crippen molar-refractivity contribution < 1.29 is 8.78 Å². The molecule has 6 heteroatoms. The molecule has 1 aromatic carbocycles. The minimum atomic E-state index is -0.456. The number of rotatable bonds is 6. The van der Waals surface area contributed by atoms with Gasteiger partial charge in [0, 0.05) is 43.6 Å². The van der Waals surface area contributed by atoms with Gasteiger partial charge in [0.1, 0.15) is 11.6 Å². The van der Waals surface area contributed by atoms with Gasteiger partial charge in [-0.3, -0.25) is 4.90 Å². The van der Waals surface area contributed by atoms with Gasteiger partial charge in [0.2, 0.25) is 0 Å². The van der Waals surface area contributed by atoms with Gasteiger partial charge in [-0.2, -0.15) is 11.8 Å². The molecule has 0 atom stereocenters. The summed E-state index contributed by atoms with van der Waals surface area (Å²) in [6.07, 6.45) is 7.59. The second-order valence-corrected chi connectivity index (χ2v) is 7.04. The maximum Gasteiger partial charge on any atom is 0.130 e. The standard InChI is InChI=1S/C17H21F2N3S/c18-16-2-1-3-17(19)15(16)12-22(14-4-10-23-11-5-14)9-8-21-7-6-20-13-21/h1-3,6-7,13-14H,4-5,8-12H2. The molecule has 2 aromatic rings. The van der Waals surface area contributed by atoms with Gasteiger partial charge in [0.25, 0.3) is 0 Å². The molecule has 1 aromatic heterocycles. The predicted molar refractivity (Wildman–Crippen MR) is 89.3 cm³/mol. The van der Waals surface area contributed by atoms with Gasteiger partial charge >= 0.3 is 0 Å². The van der Waals surface area contributed by atoms with Gasteiger partial charge in [0.05, 0.1) is 6.33 Å². The lowest BCUT2D eigenvalue weighted by atomic mass is 10.1. The molecule has 0 amide bonds. The van der Waals surface area contributed by atoms with Crippen LogP contribution in [-0.2, 0) is 13.1 Å². The molecule has 0 saturated carbocycles. The Morgan fingerprint density at radius 1 is 1.22 bits per heavy atom. The van der Waals surface area contributed by atoms with Gasteiger partial charge in [0.15, 0.2) is 0 Å². The fourth-order valence-electron chi connectivity index (χ4n) is 2.99. The topological polar surface area (TPSA) is 21.1 Å².